The second kappa shape index (κ2) is 8.32. The smallest absolute Gasteiger partial charge is 0.319 e. The van der Waals surface area contributed by atoms with Crippen LogP contribution in [0.1, 0.15) is 34.2 Å². The maximum Gasteiger partial charge on any atom is 0.325 e. The first-order valence-electron chi connectivity index (χ1n) is 11.0. The van der Waals surface area contributed by atoms with Crippen LogP contribution in [0.3, 0.4) is 0 Å². The van der Waals surface area contributed by atoms with Gasteiger partial charge in [-0.15, -0.1) is 5.10 Å². The first-order chi connectivity index (χ1) is 16.8. The van der Waals surface area contributed by atoms with E-state index in [0.29, 0.717) is 16.8 Å². The van der Waals surface area contributed by atoms with Crippen LogP contribution >= 0.6 is 0 Å². The summed E-state index contributed by atoms with van der Waals surface area (Å²) < 4.78 is 3.44. The number of amides is 3. The lowest BCUT2D eigenvalue weighted by Crippen LogP contribution is -2.41. The predicted molar refractivity (Wildman–Crippen MR) is 126 cm³/mol. The van der Waals surface area contributed by atoms with Crippen molar-refractivity contribution in [2.75, 3.05) is 6.54 Å². The van der Waals surface area contributed by atoms with Crippen molar-refractivity contribution in [3.8, 4) is 11.4 Å². The third kappa shape index (κ3) is 3.68. The van der Waals surface area contributed by atoms with Crippen molar-refractivity contribution in [2.45, 2.75) is 26.3 Å². The quantitative estimate of drug-likeness (QED) is 0.343. The van der Waals surface area contributed by atoms with Crippen molar-refractivity contribution < 1.29 is 14.4 Å². The largest absolute Gasteiger partial charge is 0.325 e. The minimum atomic E-state index is -1.33. The summed E-state index contributed by atoms with van der Waals surface area (Å²) in [6, 6.07) is 17.9. The molecule has 0 aliphatic carbocycles. The van der Waals surface area contributed by atoms with E-state index in [4.69, 9.17) is 0 Å². The van der Waals surface area contributed by atoms with Crippen LogP contribution < -0.4 is 5.32 Å². The number of aryl methyl sites for hydroxylation is 1. The number of hydrogen-bond donors (Lipinski definition) is 1. The second-order valence-corrected chi connectivity index (χ2v) is 8.63. The standard InChI is InChI=1S/C25H23N7O3/c1-16-12-21(17(2)32(16)19-9-5-4-6-10-19)22(33)14-30-23(34)25(3,27-24(30)35)18-8-7-11-20(13-18)31-15-26-28-29-31/h4-13,15H,14H2,1-3H3,(H,27,35). The summed E-state index contributed by atoms with van der Waals surface area (Å²) in [5.74, 6) is -0.808. The Bertz CT molecular complexity index is 1440. The molecule has 2 aromatic carbocycles. The van der Waals surface area contributed by atoms with Crippen molar-refractivity contribution in [2.24, 2.45) is 0 Å². The van der Waals surface area contributed by atoms with Crippen molar-refractivity contribution in [1.29, 1.82) is 0 Å². The van der Waals surface area contributed by atoms with Gasteiger partial charge in [0, 0.05) is 22.6 Å². The first kappa shape index (κ1) is 22.2. The number of para-hydroxylation sites is 1. The zero-order chi connectivity index (χ0) is 24.7. The lowest BCUT2D eigenvalue weighted by Gasteiger charge is -2.22. The molecule has 1 fully saturated rings. The number of aromatic nitrogens is 5. The molecule has 1 atom stereocenters. The van der Waals surface area contributed by atoms with Crippen LogP contribution in [-0.4, -0.2) is 53.9 Å². The molecule has 1 aliphatic heterocycles. The van der Waals surface area contributed by atoms with Crippen LogP contribution in [0.25, 0.3) is 11.4 Å². The van der Waals surface area contributed by atoms with Gasteiger partial charge in [0.15, 0.2) is 5.78 Å². The molecule has 0 radical (unpaired) electrons. The summed E-state index contributed by atoms with van der Waals surface area (Å²) in [4.78, 5) is 40.5. The van der Waals surface area contributed by atoms with Crippen molar-refractivity contribution >= 4 is 17.7 Å². The van der Waals surface area contributed by atoms with Gasteiger partial charge in [-0.1, -0.05) is 30.3 Å². The fourth-order valence-electron chi connectivity index (χ4n) is 4.52. The molecule has 0 bridgehead atoms. The minimum Gasteiger partial charge on any atom is -0.319 e. The molecule has 1 N–H and O–H groups in total. The van der Waals surface area contributed by atoms with E-state index in [2.05, 4.69) is 20.8 Å². The average Bonchev–Trinajstić information content (AvgIpc) is 3.55. The molecule has 3 heterocycles. The van der Waals surface area contributed by atoms with Crippen LogP contribution in [-0.2, 0) is 10.3 Å². The van der Waals surface area contributed by atoms with E-state index < -0.39 is 17.5 Å². The normalized spacial score (nSPS) is 17.6. The lowest BCUT2D eigenvalue weighted by molar-refractivity contribution is -0.130. The summed E-state index contributed by atoms with van der Waals surface area (Å²) in [5, 5.41) is 13.9. The number of nitrogens with one attached hydrogen (secondary N) is 1. The third-order valence-electron chi connectivity index (χ3n) is 6.36. The molecule has 2 aromatic heterocycles. The van der Waals surface area contributed by atoms with E-state index in [9.17, 15) is 14.4 Å². The predicted octanol–water partition coefficient (Wildman–Crippen LogP) is 2.72. The molecule has 5 rings (SSSR count). The van der Waals surface area contributed by atoms with Gasteiger partial charge in [0.2, 0.25) is 0 Å². The Morgan fingerprint density at radius 1 is 1.00 bits per heavy atom. The molecule has 10 heteroatoms. The molecule has 176 valence electrons. The van der Waals surface area contributed by atoms with E-state index in [0.717, 1.165) is 22.0 Å². The Balaban J connectivity index is 1.41. The summed E-state index contributed by atoms with van der Waals surface area (Å²) in [5.41, 5.74) is 2.91. The Morgan fingerprint density at radius 3 is 2.46 bits per heavy atom. The van der Waals surface area contributed by atoms with Crippen LogP contribution in [0.2, 0.25) is 0 Å². The van der Waals surface area contributed by atoms with Gasteiger partial charge in [-0.3, -0.25) is 14.5 Å². The van der Waals surface area contributed by atoms with Gasteiger partial charge in [-0.25, -0.2) is 9.48 Å². The van der Waals surface area contributed by atoms with Crippen molar-refractivity contribution in [3.63, 3.8) is 0 Å². The van der Waals surface area contributed by atoms with Gasteiger partial charge in [-0.05, 0) is 67.1 Å². The SMILES string of the molecule is Cc1cc(C(=O)CN2C(=O)NC(C)(c3cccc(-n4cnnn4)c3)C2=O)c(C)n1-c1ccccc1. The number of tetrazole rings is 1. The van der Waals surface area contributed by atoms with Crippen LogP contribution in [0.4, 0.5) is 4.79 Å². The topological polar surface area (TPSA) is 115 Å². The fourth-order valence-corrected chi connectivity index (χ4v) is 4.52. The minimum absolute atomic E-state index is 0.310. The first-order valence-corrected chi connectivity index (χ1v) is 11.0. The number of carbonyl (C=O) groups excluding carboxylic acids is 3. The highest BCUT2D eigenvalue weighted by Gasteiger charge is 2.49. The van der Waals surface area contributed by atoms with Crippen molar-refractivity contribution in [1.82, 2.24) is 35.0 Å². The molecule has 3 amide bonds. The molecule has 1 unspecified atom stereocenters. The molecule has 10 nitrogen and oxygen atoms in total. The number of hydrogen-bond acceptors (Lipinski definition) is 6. The monoisotopic (exact) mass is 469 g/mol. The molecule has 0 saturated carbocycles. The zero-order valence-electron chi connectivity index (χ0n) is 19.5. The van der Waals surface area contributed by atoms with Crippen LogP contribution in [0.5, 0.6) is 0 Å². The van der Waals surface area contributed by atoms with Gasteiger partial charge in [0.05, 0.1) is 12.2 Å². The van der Waals surface area contributed by atoms with Crippen molar-refractivity contribution in [3.05, 3.63) is 89.5 Å². The van der Waals surface area contributed by atoms with Gasteiger partial charge in [0.25, 0.3) is 5.91 Å². The maximum absolute atomic E-state index is 13.4. The Labute approximate surface area is 201 Å². The molecule has 35 heavy (non-hydrogen) atoms. The van der Waals surface area contributed by atoms with E-state index in [-0.39, 0.29) is 12.3 Å². The summed E-state index contributed by atoms with van der Waals surface area (Å²) >= 11 is 0. The Morgan fingerprint density at radius 2 is 1.74 bits per heavy atom. The number of imide groups is 1. The van der Waals surface area contributed by atoms with Gasteiger partial charge < -0.3 is 9.88 Å². The molecule has 4 aromatic rings. The highest BCUT2D eigenvalue weighted by Crippen LogP contribution is 2.30. The summed E-state index contributed by atoms with van der Waals surface area (Å²) in [7, 11) is 0. The van der Waals surface area contributed by atoms with Crippen LogP contribution in [0, 0.1) is 13.8 Å². The number of benzene rings is 2. The maximum atomic E-state index is 13.4. The second-order valence-electron chi connectivity index (χ2n) is 8.63. The Hall–Kier alpha value is -4.60. The summed E-state index contributed by atoms with van der Waals surface area (Å²) in [6.45, 7) is 5.04. The zero-order valence-corrected chi connectivity index (χ0v) is 19.5. The van der Waals surface area contributed by atoms with E-state index in [1.807, 2.05) is 48.7 Å². The molecule has 0 spiro atoms. The number of Topliss-reactive ketones (excluding diaryl/α,β-unsaturated/α-hetero) is 1. The highest BCUT2D eigenvalue weighted by molar-refractivity contribution is 6.11. The van der Waals surface area contributed by atoms with E-state index in [1.54, 1.807) is 37.3 Å². The van der Waals surface area contributed by atoms with Crippen LogP contribution in [0.15, 0.2) is 67.0 Å². The average molecular weight is 470 g/mol. The van der Waals surface area contributed by atoms with E-state index in [1.165, 1.54) is 11.0 Å². The number of ketones is 1. The lowest BCUT2D eigenvalue weighted by atomic mass is 9.91. The summed E-state index contributed by atoms with van der Waals surface area (Å²) in [6.07, 6.45) is 1.44. The van der Waals surface area contributed by atoms with Gasteiger partial charge in [0.1, 0.15) is 11.9 Å². The number of nitrogens with zero attached hydrogens (tertiary/aromatic N) is 6. The molecule has 1 aliphatic rings. The third-order valence-corrected chi connectivity index (χ3v) is 6.36. The highest BCUT2D eigenvalue weighted by atomic mass is 16.2. The van der Waals surface area contributed by atoms with Gasteiger partial charge in [-0.2, -0.15) is 0 Å². The Kier molecular flexibility index (Phi) is 5.28. The molecule has 1 saturated heterocycles. The fraction of sp³-hybridized carbons (Fsp3) is 0.200. The number of carbonyl (C=O) groups is 3. The van der Waals surface area contributed by atoms with Gasteiger partial charge >= 0.3 is 6.03 Å². The molecular formula is C25H23N7O3. The molecular weight excluding hydrogens is 446 g/mol. The number of urea groups is 1. The number of rotatable bonds is 6. The van der Waals surface area contributed by atoms with E-state index >= 15 is 0 Å².